The third kappa shape index (κ3) is 4.46. The number of hydrogen-bond acceptors (Lipinski definition) is 6. The van der Waals surface area contributed by atoms with E-state index in [4.69, 9.17) is 4.98 Å². The van der Waals surface area contributed by atoms with Gasteiger partial charge in [-0.1, -0.05) is 6.92 Å². The SMILES string of the molecule is CCCn1c(CN2CCN(c3ccc(O)cc3)CC2)nc2cc(S(=O)(=O)N(C)C)ccc21. The summed E-state index contributed by atoms with van der Waals surface area (Å²) in [7, 11) is -0.414. The molecule has 1 fully saturated rings. The Morgan fingerprint density at radius 2 is 1.72 bits per heavy atom. The first kappa shape index (κ1) is 22.6. The number of phenolic OH excluding ortho intramolecular Hbond substituents is 1. The monoisotopic (exact) mass is 457 g/mol. The Morgan fingerprint density at radius 1 is 1.03 bits per heavy atom. The Balaban J connectivity index is 1.53. The molecule has 9 heteroatoms. The van der Waals surface area contributed by atoms with E-state index in [-0.39, 0.29) is 10.6 Å². The molecule has 0 radical (unpaired) electrons. The first-order valence-electron chi connectivity index (χ1n) is 11.0. The first-order valence-corrected chi connectivity index (χ1v) is 12.4. The molecule has 0 amide bonds. The molecule has 1 aromatic heterocycles. The fraction of sp³-hybridized carbons (Fsp3) is 0.435. The summed E-state index contributed by atoms with van der Waals surface area (Å²) < 4.78 is 28.5. The van der Waals surface area contributed by atoms with Gasteiger partial charge in [-0.2, -0.15) is 0 Å². The number of fused-ring (bicyclic) bond motifs is 1. The van der Waals surface area contributed by atoms with Gasteiger partial charge >= 0.3 is 0 Å². The van der Waals surface area contributed by atoms with E-state index < -0.39 is 10.0 Å². The summed E-state index contributed by atoms with van der Waals surface area (Å²) in [6, 6.07) is 12.6. The lowest BCUT2D eigenvalue weighted by Crippen LogP contribution is -2.46. The predicted octanol–water partition coefficient (Wildman–Crippen LogP) is 2.72. The summed E-state index contributed by atoms with van der Waals surface area (Å²) in [4.78, 5) is 9.82. The van der Waals surface area contributed by atoms with E-state index in [1.165, 1.54) is 4.31 Å². The van der Waals surface area contributed by atoms with Crippen molar-refractivity contribution in [1.82, 2.24) is 18.8 Å². The third-order valence-corrected chi connectivity index (χ3v) is 7.79. The van der Waals surface area contributed by atoms with E-state index >= 15 is 0 Å². The van der Waals surface area contributed by atoms with Gasteiger partial charge in [0.1, 0.15) is 11.6 Å². The summed E-state index contributed by atoms with van der Waals surface area (Å²) in [5.41, 5.74) is 2.82. The van der Waals surface area contributed by atoms with Crippen molar-refractivity contribution in [2.45, 2.75) is 31.3 Å². The predicted molar refractivity (Wildman–Crippen MR) is 126 cm³/mol. The molecule has 0 aliphatic carbocycles. The van der Waals surface area contributed by atoms with Crippen molar-refractivity contribution < 1.29 is 13.5 Å². The number of phenols is 1. The zero-order chi connectivity index (χ0) is 22.9. The van der Waals surface area contributed by atoms with Gasteiger partial charge in [0.25, 0.3) is 0 Å². The maximum Gasteiger partial charge on any atom is 0.242 e. The molecule has 1 saturated heterocycles. The van der Waals surface area contributed by atoms with Crippen LogP contribution in [0.5, 0.6) is 5.75 Å². The second kappa shape index (κ2) is 9.09. The number of imidazole rings is 1. The fourth-order valence-electron chi connectivity index (χ4n) is 4.15. The van der Waals surface area contributed by atoms with Crippen molar-refractivity contribution in [1.29, 1.82) is 0 Å². The van der Waals surface area contributed by atoms with Crippen LogP contribution in [0.15, 0.2) is 47.4 Å². The average molecular weight is 458 g/mol. The van der Waals surface area contributed by atoms with Crippen LogP contribution < -0.4 is 4.90 Å². The van der Waals surface area contributed by atoms with Crippen molar-refractivity contribution in [3.8, 4) is 5.75 Å². The number of piperazine rings is 1. The quantitative estimate of drug-likeness (QED) is 0.588. The van der Waals surface area contributed by atoms with Crippen LogP contribution in [0.3, 0.4) is 0 Å². The van der Waals surface area contributed by atoms with E-state index in [9.17, 15) is 13.5 Å². The lowest BCUT2D eigenvalue weighted by molar-refractivity contribution is 0.241. The highest BCUT2D eigenvalue weighted by atomic mass is 32.2. The van der Waals surface area contributed by atoms with E-state index in [1.54, 1.807) is 38.4 Å². The van der Waals surface area contributed by atoms with Crippen molar-refractivity contribution in [3.05, 3.63) is 48.3 Å². The van der Waals surface area contributed by atoms with E-state index in [1.807, 2.05) is 18.2 Å². The average Bonchev–Trinajstić information content (AvgIpc) is 3.11. The van der Waals surface area contributed by atoms with Crippen LogP contribution >= 0.6 is 0 Å². The lowest BCUT2D eigenvalue weighted by Gasteiger charge is -2.36. The zero-order valence-electron chi connectivity index (χ0n) is 18.9. The van der Waals surface area contributed by atoms with Crippen LogP contribution in [0, 0.1) is 0 Å². The van der Waals surface area contributed by atoms with Gasteiger partial charge in [-0.05, 0) is 48.9 Å². The molecule has 172 valence electrons. The molecule has 0 atom stereocenters. The van der Waals surface area contributed by atoms with Crippen LogP contribution in [0.4, 0.5) is 5.69 Å². The van der Waals surface area contributed by atoms with Gasteiger partial charge in [-0.15, -0.1) is 0 Å². The third-order valence-electron chi connectivity index (χ3n) is 5.98. The molecule has 0 saturated carbocycles. The van der Waals surface area contributed by atoms with E-state index in [0.29, 0.717) is 0 Å². The Labute approximate surface area is 189 Å². The number of aromatic hydroxyl groups is 1. The minimum atomic E-state index is -3.49. The van der Waals surface area contributed by atoms with Crippen molar-refractivity contribution in [3.63, 3.8) is 0 Å². The zero-order valence-corrected chi connectivity index (χ0v) is 19.7. The molecule has 3 aromatic rings. The minimum absolute atomic E-state index is 0.269. The van der Waals surface area contributed by atoms with Crippen LogP contribution in [0.25, 0.3) is 11.0 Å². The summed E-state index contributed by atoms with van der Waals surface area (Å²) >= 11 is 0. The number of benzene rings is 2. The van der Waals surface area contributed by atoms with Gasteiger partial charge in [0, 0.05) is 52.5 Å². The molecule has 0 unspecified atom stereocenters. The number of hydrogen-bond donors (Lipinski definition) is 1. The first-order chi connectivity index (χ1) is 15.3. The number of rotatable bonds is 7. The molecule has 1 aliphatic rings. The Morgan fingerprint density at radius 3 is 2.34 bits per heavy atom. The summed E-state index contributed by atoms with van der Waals surface area (Å²) in [5, 5.41) is 9.51. The van der Waals surface area contributed by atoms with E-state index in [0.717, 1.165) is 68.2 Å². The maximum absolute atomic E-state index is 12.5. The van der Waals surface area contributed by atoms with Gasteiger partial charge < -0.3 is 14.6 Å². The molecule has 32 heavy (non-hydrogen) atoms. The molecule has 8 nitrogen and oxygen atoms in total. The molecule has 0 spiro atoms. The minimum Gasteiger partial charge on any atom is -0.508 e. The van der Waals surface area contributed by atoms with Gasteiger partial charge in [0.05, 0.1) is 22.5 Å². The molecular weight excluding hydrogens is 426 g/mol. The van der Waals surface area contributed by atoms with Crippen molar-refractivity contribution >= 4 is 26.7 Å². The van der Waals surface area contributed by atoms with Crippen LogP contribution in [0.2, 0.25) is 0 Å². The highest BCUT2D eigenvalue weighted by Gasteiger charge is 2.22. The normalized spacial score (nSPS) is 15.7. The summed E-state index contributed by atoms with van der Waals surface area (Å²) in [6.07, 6.45) is 0.977. The number of anilines is 1. The summed E-state index contributed by atoms with van der Waals surface area (Å²) in [6.45, 7) is 7.35. The summed E-state index contributed by atoms with van der Waals surface area (Å²) in [5.74, 6) is 1.25. The number of nitrogens with zero attached hydrogens (tertiary/aromatic N) is 5. The highest BCUT2D eigenvalue weighted by Crippen LogP contribution is 2.24. The molecule has 2 heterocycles. The topological polar surface area (TPSA) is 81.9 Å². The van der Waals surface area contributed by atoms with Crippen molar-refractivity contribution in [2.24, 2.45) is 0 Å². The second-order valence-corrected chi connectivity index (χ2v) is 10.5. The second-order valence-electron chi connectivity index (χ2n) is 8.40. The number of aromatic nitrogens is 2. The van der Waals surface area contributed by atoms with Crippen LogP contribution in [-0.4, -0.2) is 72.6 Å². The molecule has 0 bridgehead atoms. The largest absolute Gasteiger partial charge is 0.508 e. The fourth-order valence-corrected chi connectivity index (χ4v) is 5.07. The lowest BCUT2D eigenvalue weighted by atomic mass is 10.2. The van der Waals surface area contributed by atoms with Gasteiger partial charge in [0.15, 0.2) is 0 Å². The van der Waals surface area contributed by atoms with Gasteiger partial charge in [0.2, 0.25) is 10.0 Å². The number of aryl methyl sites for hydroxylation is 1. The smallest absolute Gasteiger partial charge is 0.242 e. The Kier molecular flexibility index (Phi) is 6.41. The molecular formula is C23H31N5O3S. The molecule has 4 rings (SSSR count). The molecule has 1 N–H and O–H groups in total. The standard InChI is InChI=1S/C23H31N5O3S/c1-4-11-28-22-10-9-20(32(30,31)25(2)3)16-21(22)24-23(28)17-26-12-14-27(15-13-26)18-5-7-19(29)8-6-18/h5-10,16,29H,4,11-15,17H2,1-3H3. The van der Waals surface area contributed by atoms with Gasteiger partial charge in [-0.25, -0.2) is 17.7 Å². The maximum atomic E-state index is 12.5. The van der Waals surface area contributed by atoms with Crippen LogP contribution in [0.1, 0.15) is 19.2 Å². The number of sulfonamides is 1. The van der Waals surface area contributed by atoms with Crippen LogP contribution in [-0.2, 0) is 23.1 Å². The highest BCUT2D eigenvalue weighted by molar-refractivity contribution is 7.89. The van der Waals surface area contributed by atoms with E-state index in [2.05, 4.69) is 21.3 Å². The Bertz CT molecular complexity index is 1180. The molecule has 2 aromatic carbocycles. The van der Waals surface area contributed by atoms with Gasteiger partial charge in [-0.3, -0.25) is 4.90 Å². The Hall–Kier alpha value is -2.62. The molecule has 1 aliphatic heterocycles. The van der Waals surface area contributed by atoms with Crippen molar-refractivity contribution in [2.75, 3.05) is 45.2 Å².